The number of carbonyl (C=O) groups excluding carboxylic acids is 1. The van der Waals surface area contributed by atoms with Gasteiger partial charge in [-0.25, -0.2) is 0 Å². The van der Waals surface area contributed by atoms with Crippen LogP contribution in [0.3, 0.4) is 0 Å². The lowest BCUT2D eigenvalue weighted by Crippen LogP contribution is -2.43. The highest BCUT2D eigenvalue weighted by molar-refractivity contribution is 5.79. The van der Waals surface area contributed by atoms with Crippen molar-refractivity contribution >= 4 is 5.91 Å². The number of carbonyl (C=O) groups is 1. The van der Waals surface area contributed by atoms with E-state index in [1.54, 1.807) is 0 Å². The van der Waals surface area contributed by atoms with Crippen LogP contribution in [-0.2, 0) is 4.79 Å². The molecular weight excluding hydrogens is 188 g/mol. The molecule has 2 unspecified atom stereocenters. The number of nitrogens with two attached hydrogens (primary N) is 1. The van der Waals surface area contributed by atoms with Gasteiger partial charge in [-0.1, -0.05) is 19.3 Å². The van der Waals surface area contributed by atoms with Gasteiger partial charge in [0, 0.05) is 18.5 Å². The Bertz CT molecular complexity index is 226. The van der Waals surface area contributed by atoms with Crippen LogP contribution in [0.15, 0.2) is 0 Å². The Morgan fingerprint density at radius 2 is 1.87 bits per heavy atom. The lowest BCUT2D eigenvalue weighted by atomic mass is 9.83. The van der Waals surface area contributed by atoms with Crippen LogP contribution in [0, 0.1) is 11.8 Å². The highest BCUT2D eigenvalue weighted by Gasteiger charge is 2.27. The highest BCUT2D eigenvalue weighted by atomic mass is 16.1. The molecule has 2 aliphatic rings. The van der Waals surface area contributed by atoms with Crippen LogP contribution in [0.2, 0.25) is 0 Å². The zero-order valence-electron chi connectivity index (χ0n) is 9.37. The molecule has 2 rings (SSSR count). The summed E-state index contributed by atoms with van der Waals surface area (Å²) in [7, 11) is 0. The minimum absolute atomic E-state index is 0.263. The lowest BCUT2D eigenvalue weighted by molar-refractivity contribution is -0.127. The van der Waals surface area contributed by atoms with Gasteiger partial charge in [0.2, 0.25) is 5.91 Å². The number of hydrogen-bond donors (Lipinski definition) is 2. The van der Waals surface area contributed by atoms with Gasteiger partial charge >= 0.3 is 0 Å². The van der Waals surface area contributed by atoms with Crippen LogP contribution >= 0.6 is 0 Å². The van der Waals surface area contributed by atoms with Gasteiger partial charge in [0.1, 0.15) is 0 Å². The molecule has 3 heteroatoms. The first-order valence-corrected chi connectivity index (χ1v) is 6.30. The summed E-state index contributed by atoms with van der Waals surface area (Å²) in [5.74, 6) is 1.09. The molecule has 0 aromatic rings. The standard InChI is InChI=1S/C12H22N2O/c13-11-7-2-1-4-10(11)8-14-12(15)9-5-3-6-9/h9-11H,1-8,13H2,(H,14,15). The summed E-state index contributed by atoms with van der Waals surface area (Å²) < 4.78 is 0. The van der Waals surface area contributed by atoms with E-state index in [0.717, 1.165) is 25.8 Å². The molecule has 15 heavy (non-hydrogen) atoms. The van der Waals surface area contributed by atoms with Gasteiger partial charge in [0.05, 0.1) is 0 Å². The van der Waals surface area contributed by atoms with Crippen molar-refractivity contribution < 1.29 is 4.79 Å². The van der Waals surface area contributed by atoms with Crippen molar-refractivity contribution in [3.63, 3.8) is 0 Å². The van der Waals surface area contributed by atoms with E-state index in [0.29, 0.717) is 17.9 Å². The summed E-state index contributed by atoms with van der Waals surface area (Å²) in [5.41, 5.74) is 6.04. The molecule has 3 N–H and O–H groups in total. The first-order valence-electron chi connectivity index (χ1n) is 6.30. The predicted molar refractivity (Wildman–Crippen MR) is 60.3 cm³/mol. The maximum atomic E-state index is 11.6. The Kier molecular flexibility index (Phi) is 3.62. The molecular formula is C12H22N2O. The average molecular weight is 210 g/mol. The minimum atomic E-state index is 0.263. The van der Waals surface area contributed by atoms with E-state index in [4.69, 9.17) is 5.73 Å². The smallest absolute Gasteiger partial charge is 0.223 e. The molecule has 2 saturated carbocycles. The van der Waals surface area contributed by atoms with Crippen molar-refractivity contribution in [2.24, 2.45) is 17.6 Å². The zero-order chi connectivity index (χ0) is 10.7. The molecule has 3 nitrogen and oxygen atoms in total. The maximum Gasteiger partial charge on any atom is 0.223 e. The Morgan fingerprint density at radius 1 is 1.13 bits per heavy atom. The van der Waals surface area contributed by atoms with Gasteiger partial charge in [-0.3, -0.25) is 4.79 Å². The molecule has 0 spiro atoms. The van der Waals surface area contributed by atoms with Gasteiger partial charge in [-0.05, 0) is 31.6 Å². The molecule has 0 saturated heterocycles. The third-order valence-corrected chi connectivity index (χ3v) is 3.98. The van der Waals surface area contributed by atoms with Gasteiger partial charge < -0.3 is 11.1 Å². The van der Waals surface area contributed by atoms with Gasteiger partial charge in [0.15, 0.2) is 0 Å². The first kappa shape index (κ1) is 10.9. The second-order valence-corrected chi connectivity index (χ2v) is 5.08. The zero-order valence-corrected chi connectivity index (χ0v) is 9.37. The summed E-state index contributed by atoms with van der Waals surface area (Å²) in [4.78, 5) is 11.6. The molecule has 0 radical (unpaired) electrons. The van der Waals surface area contributed by atoms with Crippen molar-refractivity contribution in [2.45, 2.75) is 51.0 Å². The second kappa shape index (κ2) is 4.97. The lowest BCUT2D eigenvalue weighted by Gasteiger charge is -2.30. The van der Waals surface area contributed by atoms with Gasteiger partial charge in [-0.2, -0.15) is 0 Å². The number of amides is 1. The van der Waals surface area contributed by atoms with E-state index in [2.05, 4.69) is 5.32 Å². The minimum Gasteiger partial charge on any atom is -0.356 e. The van der Waals surface area contributed by atoms with Crippen LogP contribution < -0.4 is 11.1 Å². The van der Waals surface area contributed by atoms with E-state index >= 15 is 0 Å². The maximum absolute atomic E-state index is 11.6. The van der Waals surface area contributed by atoms with Crippen molar-refractivity contribution in [1.82, 2.24) is 5.32 Å². The molecule has 0 aromatic heterocycles. The molecule has 0 aliphatic heterocycles. The fourth-order valence-corrected chi connectivity index (χ4v) is 2.54. The largest absolute Gasteiger partial charge is 0.356 e. The second-order valence-electron chi connectivity index (χ2n) is 5.08. The van der Waals surface area contributed by atoms with Gasteiger partial charge in [0.25, 0.3) is 0 Å². The van der Waals surface area contributed by atoms with Crippen molar-refractivity contribution in [3.05, 3.63) is 0 Å². The Balaban J connectivity index is 1.69. The average Bonchev–Trinajstić information content (AvgIpc) is 2.14. The van der Waals surface area contributed by atoms with E-state index in [1.807, 2.05) is 0 Å². The van der Waals surface area contributed by atoms with Crippen molar-refractivity contribution in [3.8, 4) is 0 Å². The molecule has 0 heterocycles. The first-order chi connectivity index (χ1) is 7.27. The summed E-state index contributed by atoms with van der Waals surface area (Å²) in [6.07, 6.45) is 8.24. The summed E-state index contributed by atoms with van der Waals surface area (Å²) in [5, 5.41) is 3.07. The normalized spacial score (nSPS) is 32.1. The fraction of sp³-hybridized carbons (Fsp3) is 0.917. The van der Waals surface area contributed by atoms with Crippen LogP contribution in [0.4, 0.5) is 0 Å². The predicted octanol–water partition coefficient (Wildman–Crippen LogP) is 1.42. The molecule has 2 aliphatic carbocycles. The SMILES string of the molecule is NC1CCCCC1CNC(=O)C1CCC1. The summed E-state index contributed by atoms with van der Waals surface area (Å²) in [6, 6.07) is 0.306. The number of nitrogens with one attached hydrogen (secondary N) is 1. The Morgan fingerprint density at radius 3 is 2.47 bits per heavy atom. The third-order valence-electron chi connectivity index (χ3n) is 3.98. The topological polar surface area (TPSA) is 55.1 Å². The fourth-order valence-electron chi connectivity index (χ4n) is 2.54. The van der Waals surface area contributed by atoms with Crippen LogP contribution in [-0.4, -0.2) is 18.5 Å². The van der Waals surface area contributed by atoms with E-state index < -0.39 is 0 Å². The van der Waals surface area contributed by atoms with E-state index in [1.165, 1.54) is 25.7 Å². The molecule has 0 bridgehead atoms. The van der Waals surface area contributed by atoms with Crippen molar-refractivity contribution in [1.29, 1.82) is 0 Å². The molecule has 1 amide bonds. The van der Waals surface area contributed by atoms with Crippen LogP contribution in [0.25, 0.3) is 0 Å². The quantitative estimate of drug-likeness (QED) is 0.740. The molecule has 2 fully saturated rings. The van der Waals surface area contributed by atoms with E-state index in [9.17, 15) is 4.79 Å². The van der Waals surface area contributed by atoms with Crippen LogP contribution in [0.5, 0.6) is 0 Å². The number of rotatable bonds is 3. The van der Waals surface area contributed by atoms with Gasteiger partial charge in [-0.15, -0.1) is 0 Å². The Hall–Kier alpha value is -0.570. The molecule has 2 atom stereocenters. The monoisotopic (exact) mass is 210 g/mol. The van der Waals surface area contributed by atoms with Crippen LogP contribution in [0.1, 0.15) is 44.9 Å². The Labute approximate surface area is 91.8 Å². The molecule has 86 valence electrons. The third kappa shape index (κ3) is 2.71. The number of hydrogen-bond acceptors (Lipinski definition) is 2. The molecule has 0 aromatic carbocycles. The highest BCUT2D eigenvalue weighted by Crippen LogP contribution is 2.27. The van der Waals surface area contributed by atoms with Crippen molar-refractivity contribution in [2.75, 3.05) is 6.54 Å². The summed E-state index contributed by atoms with van der Waals surface area (Å²) >= 11 is 0. The summed E-state index contributed by atoms with van der Waals surface area (Å²) in [6.45, 7) is 0.802. The van der Waals surface area contributed by atoms with E-state index in [-0.39, 0.29) is 5.91 Å².